The maximum absolute atomic E-state index is 2.47. The molecule has 1 aliphatic heterocycles. The molecule has 26 heavy (non-hydrogen) atoms. The first-order valence-corrected chi connectivity index (χ1v) is 10.6. The summed E-state index contributed by atoms with van der Waals surface area (Å²) in [5, 5.41) is 0. The van der Waals surface area contributed by atoms with E-state index in [1.54, 1.807) is 4.90 Å². The Kier molecular flexibility index (Phi) is 12.5. The fraction of sp³-hybridized carbons (Fsp3) is 0.652. The molecule has 0 saturated carbocycles. The molecule has 3 heteroatoms. The fourth-order valence-electron chi connectivity index (χ4n) is 3.77. The molecule has 1 N–H and O–H groups in total. The van der Waals surface area contributed by atoms with Gasteiger partial charge < -0.3 is 17.3 Å². The summed E-state index contributed by atoms with van der Waals surface area (Å²) in [7, 11) is 0. The standard InChI is InChI=1S/C23H38N2.ClH/c1-3-4-5-6-7-8-9-10-11-15-18-24-19-20-25(22(24)2)21-23-16-13-12-14-17-23;/h12-14,16-17,19-20,22H,3-11,15,18,21H2,1-2H3;1H. The van der Waals surface area contributed by atoms with Crippen LogP contribution in [0.25, 0.3) is 0 Å². The van der Waals surface area contributed by atoms with Crippen LogP contribution in [0.3, 0.4) is 0 Å². The van der Waals surface area contributed by atoms with Gasteiger partial charge in [-0.05, 0) is 18.4 Å². The molecule has 2 rings (SSSR count). The number of halogens is 1. The van der Waals surface area contributed by atoms with Crippen molar-refractivity contribution in [3.05, 3.63) is 48.3 Å². The fourth-order valence-corrected chi connectivity index (χ4v) is 3.77. The van der Waals surface area contributed by atoms with Crippen molar-refractivity contribution < 1.29 is 17.3 Å². The van der Waals surface area contributed by atoms with Gasteiger partial charge in [0.1, 0.15) is 6.20 Å². The molecule has 2 atom stereocenters. The summed E-state index contributed by atoms with van der Waals surface area (Å²) in [6.07, 6.45) is 19.4. The van der Waals surface area contributed by atoms with Gasteiger partial charge in [-0.15, -0.1) is 0 Å². The molecule has 1 aliphatic rings. The van der Waals surface area contributed by atoms with Crippen LogP contribution in [0.1, 0.15) is 83.6 Å². The average Bonchev–Trinajstić information content (AvgIpc) is 2.97. The van der Waals surface area contributed by atoms with Crippen molar-refractivity contribution >= 4 is 0 Å². The van der Waals surface area contributed by atoms with Gasteiger partial charge in [-0.25, -0.2) is 0 Å². The van der Waals surface area contributed by atoms with Gasteiger partial charge in [0.05, 0.1) is 12.7 Å². The Balaban J connectivity index is 0.00000338. The number of benzene rings is 1. The minimum absolute atomic E-state index is 0. The van der Waals surface area contributed by atoms with Gasteiger partial charge in [0.25, 0.3) is 0 Å². The van der Waals surface area contributed by atoms with Gasteiger partial charge in [-0.1, -0.05) is 88.6 Å². The van der Waals surface area contributed by atoms with Gasteiger partial charge in [0.15, 0.2) is 6.17 Å². The van der Waals surface area contributed by atoms with E-state index >= 15 is 0 Å². The molecule has 1 heterocycles. The molecule has 0 aliphatic carbocycles. The highest BCUT2D eigenvalue weighted by atomic mass is 35.5. The van der Waals surface area contributed by atoms with Crippen molar-refractivity contribution in [2.24, 2.45) is 0 Å². The Bertz CT molecular complexity index is 474. The summed E-state index contributed by atoms with van der Waals surface area (Å²) in [6.45, 7) is 6.95. The third-order valence-corrected chi connectivity index (χ3v) is 5.54. The summed E-state index contributed by atoms with van der Waals surface area (Å²) >= 11 is 0. The Morgan fingerprint density at radius 3 is 2.04 bits per heavy atom. The monoisotopic (exact) mass is 378 g/mol. The highest BCUT2D eigenvalue weighted by molar-refractivity contribution is 5.15. The molecular formula is C23H39ClN2. The number of hydrogen-bond acceptors (Lipinski definition) is 1. The van der Waals surface area contributed by atoms with Crippen molar-refractivity contribution in [3.8, 4) is 0 Å². The van der Waals surface area contributed by atoms with E-state index in [0.29, 0.717) is 6.17 Å². The summed E-state index contributed by atoms with van der Waals surface area (Å²) < 4.78 is 0. The van der Waals surface area contributed by atoms with Crippen LogP contribution in [0.2, 0.25) is 0 Å². The first-order chi connectivity index (χ1) is 12.3. The van der Waals surface area contributed by atoms with Crippen LogP contribution in [-0.2, 0) is 6.54 Å². The second kappa shape index (κ2) is 14.1. The Hall–Kier alpha value is -0.990. The van der Waals surface area contributed by atoms with E-state index in [2.05, 4.69) is 61.5 Å². The van der Waals surface area contributed by atoms with E-state index in [9.17, 15) is 0 Å². The minimum Gasteiger partial charge on any atom is -1.00 e. The van der Waals surface area contributed by atoms with Crippen LogP contribution in [0, 0.1) is 0 Å². The normalized spacial score (nSPS) is 18.9. The molecule has 0 amide bonds. The van der Waals surface area contributed by atoms with Gasteiger partial charge in [0.2, 0.25) is 0 Å². The summed E-state index contributed by atoms with van der Waals surface area (Å²) in [5.74, 6) is 0. The zero-order valence-corrected chi connectivity index (χ0v) is 17.7. The molecular weight excluding hydrogens is 340 g/mol. The Morgan fingerprint density at radius 1 is 0.846 bits per heavy atom. The molecule has 1 aromatic rings. The molecule has 0 aromatic heterocycles. The third-order valence-electron chi connectivity index (χ3n) is 5.54. The number of unbranched alkanes of at least 4 members (excludes halogenated alkanes) is 9. The van der Waals surface area contributed by atoms with Gasteiger partial charge in [-0.2, -0.15) is 0 Å². The lowest BCUT2D eigenvalue weighted by Gasteiger charge is -2.25. The SMILES string of the molecule is CCCCCCCCCCCC[NH+]1C=CN(Cc2ccccc2)C1C.[Cl-]. The third kappa shape index (κ3) is 8.60. The molecule has 0 saturated heterocycles. The quantitative estimate of drug-likeness (QED) is 0.517. The van der Waals surface area contributed by atoms with Crippen LogP contribution < -0.4 is 17.3 Å². The van der Waals surface area contributed by atoms with E-state index in [4.69, 9.17) is 0 Å². The maximum Gasteiger partial charge on any atom is 0.164 e. The van der Waals surface area contributed by atoms with E-state index in [0.717, 1.165) is 6.54 Å². The van der Waals surface area contributed by atoms with Crippen molar-refractivity contribution in [1.82, 2.24) is 4.90 Å². The van der Waals surface area contributed by atoms with E-state index in [1.807, 2.05) is 0 Å². The largest absolute Gasteiger partial charge is 1.00 e. The molecule has 0 bridgehead atoms. The topological polar surface area (TPSA) is 7.68 Å². The highest BCUT2D eigenvalue weighted by Gasteiger charge is 2.25. The van der Waals surface area contributed by atoms with Gasteiger partial charge in [0, 0.05) is 13.5 Å². The highest BCUT2D eigenvalue weighted by Crippen LogP contribution is 2.11. The summed E-state index contributed by atoms with van der Waals surface area (Å²) in [5.41, 5.74) is 1.40. The summed E-state index contributed by atoms with van der Waals surface area (Å²) in [6, 6.07) is 10.8. The number of hydrogen-bond donors (Lipinski definition) is 1. The molecule has 2 unspecified atom stereocenters. The molecule has 1 aromatic carbocycles. The predicted molar refractivity (Wildman–Crippen MR) is 108 cm³/mol. The average molecular weight is 379 g/mol. The van der Waals surface area contributed by atoms with Crippen molar-refractivity contribution in [1.29, 1.82) is 0 Å². The zero-order chi connectivity index (χ0) is 17.7. The molecule has 2 nitrogen and oxygen atoms in total. The second-order valence-electron chi connectivity index (χ2n) is 7.66. The second-order valence-corrected chi connectivity index (χ2v) is 7.66. The zero-order valence-electron chi connectivity index (χ0n) is 16.9. The first kappa shape index (κ1) is 23.0. The van der Waals surface area contributed by atoms with E-state index in [1.165, 1.54) is 76.3 Å². The Morgan fingerprint density at radius 2 is 1.42 bits per heavy atom. The minimum atomic E-state index is 0. The lowest BCUT2D eigenvalue weighted by molar-refractivity contribution is -0.876. The number of nitrogens with zero attached hydrogens (tertiary/aromatic N) is 1. The van der Waals surface area contributed by atoms with Gasteiger partial charge in [-0.3, -0.25) is 4.90 Å². The van der Waals surface area contributed by atoms with Crippen molar-refractivity contribution in [2.75, 3.05) is 6.54 Å². The Labute approximate surface area is 168 Å². The lowest BCUT2D eigenvalue weighted by atomic mass is 10.1. The van der Waals surface area contributed by atoms with Crippen LogP contribution in [0.5, 0.6) is 0 Å². The molecule has 0 radical (unpaired) electrons. The van der Waals surface area contributed by atoms with Crippen LogP contribution in [-0.4, -0.2) is 17.6 Å². The van der Waals surface area contributed by atoms with Crippen molar-refractivity contribution in [2.45, 2.75) is 90.8 Å². The predicted octanol–water partition coefficient (Wildman–Crippen LogP) is 2.13. The van der Waals surface area contributed by atoms with Crippen molar-refractivity contribution in [3.63, 3.8) is 0 Å². The van der Waals surface area contributed by atoms with Crippen LogP contribution in [0.15, 0.2) is 42.7 Å². The molecule has 0 spiro atoms. The van der Waals surface area contributed by atoms with Crippen LogP contribution in [0.4, 0.5) is 0 Å². The van der Waals surface area contributed by atoms with Gasteiger partial charge >= 0.3 is 0 Å². The molecule has 148 valence electrons. The number of rotatable bonds is 13. The maximum atomic E-state index is 2.47. The molecule has 0 fully saturated rings. The van der Waals surface area contributed by atoms with Crippen LogP contribution >= 0.6 is 0 Å². The first-order valence-electron chi connectivity index (χ1n) is 10.6. The van der Waals surface area contributed by atoms with E-state index < -0.39 is 0 Å². The van der Waals surface area contributed by atoms with E-state index in [-0.39, 0.29) is 12.4 Å². The smallest absolute Gasteiger partial charge is 0.164 e. The number of nitrogens with one attached hydrogen (secondary N) is 1. The lowest BCUT2D eigenvalue weighted by Crippen LogP contribution is -3.11. The summed E-state index contributed by atoms with van der Waals surface area (Å²) in [4.78, 5) is 4.09. The number of quaternary nitrogens is 1.